The quantitative estimate of drug-likeness (QED) is 0.857. The van der Waals surface area contributed by atoms with E-state index in [1.165, 1.54) is 0 Å². The number of carbonyl (C=O) groups is 2. The monoisotopic (exact) mass is 301 g/mol. The van der Waals surface area contributed by atoms with Crippen LogP contribution in [0.25, 0.3) is 0 Å². The zero-order valence-corrected chi connectivity index (χ0v) is 12.9. The van der Waals surface area contributed by atoms with Crippen molar-refractivity contribution in [1.29, 1.82) is 0 Å². The molecule has 22 heavy (non-hydrogen) atoms. The molecule has 2 amide bonds. The maximum atomic E-state index is 12.3. The molecule has 1 aromatic rings. The molecule has 0 radical (unpaired) electrons. The molecule has 3 rings (SSSR count). The van der Waals surface area contributed by atoms with Gasteiger partial charge in [-0.15, -0.1) is 0 Å². The Hall–Kier alpha value is -1.91. The van der Waals surface area contributed by atoms with E-state index >= 15 is 0 Å². The van der Waals surface area contributed by atoms with E-state index in [9.17, 15) is 9.59 Å². The van der Waals surface area contributed by atoms with E-state index < -0.39 is 0 Å². The fourth-order valence-corrected chi connectivity index (χ4v) is 3.33. The second-order valence-corrected chi connectivity index (χ2v) is 6.24. The Morgan fingerprint density at radius 1 is 1.05 bits per heavy atom. The maximum absolute atomic E-state index is 12.3. The molecule has 2 fully saturated rings. The van der Waals surface area contributed by atoms with Crippen molar-refractivity contribution >= 4 is 11.8 Å². The molecule has 0 saturated carbocycles. The van der Waals surface area contributed by atoms with Crippen LogP contribution in [-0.4, -0.2) is 52.8 Å². The van der Waals surface area contributed by atoms with E-state index in [1.54, 1.807) is 12.3 Å². The number of likely N-dealkylation sites (tertiary alicyclic amines) is 2. The molecule has 0 N–H and O–H groups in total. The number of amides is 2. The Bertz CT molecular complexity index is 518. The lowest BCUT2D eigenvalue weighted by Crippen LogP contribution is -2.40. The summed E-state index contributed by atoms with van der Waals surface area (Å²) in [7, 11) is 0. The summed E-state index contributed by atoms with van der Waals surface area (Å²) < 4.78 is 0. The Morgan fingerprint density at radius 3 is 2.41 bits per heavy atom. The van der Waals surface area contributed by atoms with Crippen molar-refractivity contribution in [2.24, 2.45) is 5.92 Å². The second kappa shape index (κ2) is 6.90. The van der Waals surface area contributed by atoms with Gasteiger partial charge in [0.2, 0.25) is 5.91 Å². The molecule has 5 nitrogen and oxygen atoms in total. The van der Waals surface area contributed by atoms with Crippen molar-refractivity contribution in [3.63, 3.8) is 0 Å². The Morgan fingerprint density at radius 2 is 1.77 bits per heavy atom. The van der Waals surface area contributed by atoms with Crippen LogP contribution in [0.3, 0.4) is 0 Å². The smallest absolute Gasteiger partial charge is 0.272 e. The number of hydrogen-bond donors (Lipinski definition) is 0. The Labute approximate surface area is 131 Å². The molecular formula is C17H23N3O2. The summed E-state index contributed by atoms with van der Waals surface area (Å²) >= 11 is 0. The molecule has 2 saturated heterocycles. The van der Waals surface area contributed by atoms with Gasteiger partial charge in [-0.2, -0.15) is 0 Å². The fraction of sp³-hybridized carbons (Fsp3) is 0.588. The molecule has 0 atom stereocenters. The lowest BCUT2D eigenvalue weighted by atomic mass is 9.93. The average Bonchev–Trinajstić information content (AvgIpc) is 3.10. The predicted octanol–water partition coefficient (Wildman–Crippen LogP) is 1.95. The van der Waals surface area contributed by atoms with Crippen LogP contribution in [0.2, 0.25) is 0 Å². The van der Waals surface area contributed by atoms with Crippen LogP contribution in [0.1, 0.15) is 42.6 Å². The first-order chi connectivity index (χ1) is 10.7. The molecule has 5 heteroatoms. The molecule has 2 aliphatic rings. The van der Waals surface area contributed by atoms with E-state index in [2.05, 4.69) is 4.98 Å². The minimum absolute atomic E-state index is 0.00456. The number of piperidine rings is 1. The highest BCUT2D eigenvalue weighted by Gasteiger charge is 2.27. The van der Waals surface area contributed by atoms with Gasteiger partial charge in [-0.25, -0.2) is 0 Å². The van der Waals surface area contributed by atoms with Crippen molar-refractivity contribution in [3.05, 3.63) is 30.1 Å². The summed E-state index contributed by atoms with van der Waals surface area (Å²) in [5.41, 5.74) is 0.508. The second-order valence-electron chi connectivity index (χ2n) is 6.24. The molecule has 118 valence electrons. The number of hydrogen-bond acceptors (Lipinski definition) is 3. The van der Waals surface area contributed by atoms with Gasteiger partial charge < -0.3 is 9.80 Å². The van der Waals surface area contributed by atoms with Crippen LogP contribution in [-0.2, 0) is 4.79 Å². The molecule has 0 spiro atoms. The largest absolute Gasteiger partial charge is 0.343 e. The molecule has 2 aliphatic heterocycles. The van der Waals surface area contributed by atoms with Crippen molar-refractivity contribution in [3.8, 4) is 0 Å². The van der Waals surface area contributed by atoms with Crippen molar-refractivity contribution in [1.82, 2.24) is 14.8 Å². The molecule has 1 aromatic heterocycles. The summed E-state index contributed by atoms with van der Waals surface area (Å²) in [6.07, 6.45) is 6.40. The summed E-state index contributed by atoms with van der Waals surface area (Å²) in [6.45, 7) is 3.31. The van der Waals surface area contributed by atoms with E-state index in [1.807, 2.05) is 21.9 Å². The van der Waals surface area contributed by atoms with Crippen LogP contribution in [0.15, 0.2) is 24.4 Å². The van der Waals surface area contributed by atoms with Gasteiger partial charge in [-0.05, 0) is 43.7 Å². The van der Waals surface area contributed by atoms with Crippen LogP contribution in [0.5, 0.6) is 0 Å². The first kappa shape index (κ1) is 15.0. The summed E-state index contributed by atoms with van der Waals surface area (Å²) in [5.74, 6) is 0.720. The Balaban J connectivity index is 1.48. The van der Waals surface area contributed by atoms with Gasteiger partial charge in [0.25, 0.3) is 5.91 Å². The van der Waals surface area contributed by atoms with E-state index in [0.29, 0.717) is 23.9 Å². The van der Waals surface area contributed by atoms with Gasteiger partial charge >= 0.3 is 0 Å². The average molecular weight is 301 g/mol. The number of nitrogens with zero attached hydrogens (tertiary/aromatic N) is 3. The first-order valence-electron chi connectivity index (χ1n) is 8.22. The summed E-state index contributed by atoms with van der Waals surface area (Å²) in [6, 6.07) is 5.40. The summed E-state index contributed by atoms with van der Waals surface area (Å²) in [4.78, 5) is 32.5. The number of aromatic nitrogens is 1. The molecule has 3 heterocycles. The van der Waals surface area contributed by atoms with Crippen LogP contribution >= 0.6 is 0 Å². The highest BCUT2D eigenvalue weighted by Crippen LogP contribution is 2.23. The third kappa shape index (κ3) is 3.46. The van der Waals surface area contributed by atoms with E-state index in [4.69, 9.17) is 0 Å². The number of carbonyl (C=O) groups excluding carboxylic acids is 2. The molecular weight excluding hydrogens is 278 g/mol. The third-order valence-corrected chi connectivity index (χ3v) is 4.71. The van der Waals surface area contributed by atoms with E-state index in [-0.39, 0.29) is 5.91 Å². The topological polar surface area (TPSA) is 53.5 Å². The zero-order chi connectivity index (χ0) is 15.4. The highest BCUT2D eigenvalue weighted by atomic mass is 16.2. The molecule has 0 unspecified atom stereocenters. The van der Waals surface area contributed by atoms with Crippen molar-refractivity contribution < 1.29 is 9.59 Å². The minimum atomic E-state index is 0.00456. The zero-order valence-electron chi connectivity index (χ0n) is 12.9. The van der Waals surface area contributed by atoms with Gasteiger partial charge in [0, 0.05) is 38.8 Å². The van der Waals surface area contributed by atoms with Crippen molar-refractivity contribution in [2.75, 3.05) is 26.2 Å². The lowest BCUT2D eigenvalue weighted by Gasteiger charge is -2.32. The van der Waals surface area contributed by atoms with Crippen LogP contribution in [0, 0.1) is 5.92 Å². The molecule has 0 aromatic carbocycles. The maximum Gasteiger partial charge on any atom is 0.272 e. The van der Waals surface area contributed by atoms with Gasteiger partial charge in [0.15, 0.2) is 0 Å². The van der Waals surface area contributed by atoms with Crippen LogP contribution < -0.4 is 0 Å². The summed E-state index contributed by atoms with van der Waals surface area (Å²) in [5, 5.41) is 0. The number of pyridine rings is 1. The molecule has 0 aliphatic carbocycles. The van der Waals surface area contributed by atoms with Crippen molar-refractivity contribution in [2.45, 2.75) is 32.1 Å². The minimum Gasteiger partial charge on any atom is -0.343 e. The van der Waals surface area contributed by atoms with Crippen LogP contribution in [0.4, 0.5) is 0 Å². The van der Waals surface area contributed by atoms with E-state index in [0.717, 1.165) is 51.9 Å². The molecule has 0 bridgehead atoms. The van der Waals surface area contributed by atoms with Gasteiger partial charge in [0.05, 0.1) is 0 Å². The first-order valence-corrected chi connectivity index (χ1v) is 8.22. The van der Waals surface area contributed by atoms with Gasteiger partial charge in [-0.3, -0.25) is 14.6 Å². The lowest BCUT2D eigenvalue weighted by molar-refractivity contribution is -0.131. The van der Waals surface area contributed by atoms with Gasteiger partial charge in [-0.1, -0.05) is 6.07 Å². The number of rotatable bonds is 3. The third-order valence-electron chi connectivity index (χ3n) is 4.71. The predicted molar refractivity (Wildman–Crippen MR) is 83.3 cm³/mol. The standard InChI is InChI=1S/C17H23N3O2/c21-16(19-9-3-4-10-19)13-14-6-11-20(12-7-14)17(22)15-5-1-2-8-18-15/h1-2,5,8,14H,3-4,6-7,9-13H2. The highest BCUT2D eigenvalue weighted by molar-refractivity contribution is 5.92. The fourth-order valence-electron chi connectivity index (χ4n) is 3.33. The normalized spacial score (nSPS) is 19.5. The SMILES string of the molecule is O=C(CC1CCN(C(=O)c2ccccn2)CC1)N1CCCC1. The Kier molecular flexibility index (Phi) is 4.71. The van der Waals surface area contributed by atoms with Gasteiger partial charge in [0.1, 0.15) is 5.69 Å².